The predicted octanol–water partition coefficient (Wildman–Crippen LogP) is 6.16. The Bertz CT molecular complexity index is 617. The molecular formula is C24H32O2. The number of allylic oxidation sites excluding steroid dienone is 2. The number of rotatable bonds is 12. The van der Waals surface area contributed by atoms with Crippen LogP contribution in [-0.4, -0.2) is 12.1 Å². The van der Waals surface area contributed by atoms with Crippen LogP contribution in [0.15, 0.2) is 42.0 Å². The highest BCUT2D eigenvalue weighted by atomic mass is 16.1. The van der Waals surface area contributed by atoms with E-state index in [1.807, 2.05) is 37.3 Å². The Kier molecular flexibility index (Phi) is 11.9. The van der Waals surface area contributed by atoms with Gasteiger partial charge in [0.15, 0.2) is 5.78 Å². The largest absolute Gasteiger partial charge is 0.303 e. The fourth-order valence-electron chi connectivity index (χ4n) is 2.77. The van der Waals surface area contributed by atoms with Crippen molar-refractivity contribution in [1.29, 1.82) is 0 Å². The number of carbonyl (C=O) groups excluding carboxylic acids is 2. The summed E-state index contributed by atoms with van der Waals surface area (Å²) in [4.78, 5) is 22.9. The van der Waals surface area contributed by atoms with Gasteiger partial charge < -0.3 is 4.79 Å². The maximum Gasteiger partial charge on any atom is 0.162 e. The smallest absolute Gasteiger partial charge is 0.162 e. The Labute approximate surface area is 159 Å². The van der Waals surface area contributed by atoms with Crippen molar-refractivity contribution >= 4 is 12.1 Å². The number of aldehydes is 1. The Morgan fingerprint density at radius 1 is 1.08 bits per heavy atom. The number of hydrogen-bond donors (Lipinski definition) is 0. The first-order valence-electron chi connectivity index (χ1n) is 9.88. The highest BCUT2D eigenvalue weighted by Gasteiger charge is 2.06. The first kappa shape index (κ1) is 21.9. The Hall–Kier alpha value is -2.14. The number of carbonyl (C=O) groups is 2. The molecule has 1 aromatic rings. The first-order valence-corrected chi connectivity index (χ1v) is 9.88. The molecule has 0 N–H and O–H groups in total. The van der Waals surface area contributed by atoms with Gasteiger partial charge in [-0.1, -0.05) is 81.4 Å². The predicted molar refractivity (Wildman–Crippen MR) is 109 cm³/mol. The molecule has 0 spiro atoms. The Morgan fingerprint density at radius 3 is 2.54 bits per heavy atom. The zero-order valence-electron chi connectivity index (χ0n) is 16.3. The van der Waals surface area contributed by atoms with Crippen molar-refractivity contribution in [2.24, 2.45) is 5.92 Å². The second kappa shape index (κ2) is 14.1. The van der Waals surface area contributed by atoms with Crippen LogP contribution in [0.3, 0.4) is 0 Å². The zero-order valence-corrected chi connectivity index (χ0v) is 16.3. The van der Waals surface area contributed by atoms with Crippen LogP contribution in [0.2, 0.25) is 0 Å². The maximum atomic E-state index is 12.2. The molecule has 0 saturated carbocycles. The minimum absolute atomic E-state index is 0.179. The van der Waals surface area contributed by atoms with Gasteiger partial charge in [0.25, 0.3) is 0 Å². The number of benzene rings is 1. The molecule has 1 unspecified atom stereocenters. The van der Waals surface area contributed by atoms with Crippen molar-refractivity contribution < 1.29 is 9.59 Å². The molecule has 2 heteroatoms. The van der Waals surface area contributed by atoms with E-state index in [2.05, 4.69) is 24.8 Å². The van der Waals surface area contributed by atoms with Crippen molar-refractivity contribution in [2.75, 3.05) is 0 Å². The van der Waals surface area contributed by atoms with Crippen LogP contribution in [0, 0.1) is 17.8 Å². The van der Waals surface area contributed by atoms with E-state index in [4.69, 9.17) is 0 Å². The molecule has 2 nitrogen and oxygen atoms in total. The van der Waals surface area contributed by atoms with Crippen LogP contribution < -0.4 is 0 Å². The van der Waals surface area contributed by atoms with Gasteiger partial charge in [-0.2, -0.15) is 0 Å². The van der Waals surface area contributed by atoms with E-state index in [0.29, 0.717) is 12.8 Å². The molecule has 0 bridgehead atoms. The topological polar surface area (TPSA) is 34.1 Å². The quantitative estimate of drug-likeness (QED) is 0.195. The monoisotopic (exact) mass is 352 g/mol. The maximum absolute atomic E-state index is 12.2. The molecule has 140 valence electrons. The fraction of sp³-hybridized carbons (Fsp3) is 0.500. The molecule has 0 heterocycles. The van der Waals surface area contributed by atoms with Crippen LogP contribution >= 0.6 is 0 Å². The van der Waals surface area contributed by atoms with E-state index < -0.39 is 0 Å². The molecule has 0 amide bonds. The molecule has 0 aliphatic rings. The summed E-state index contributed by atoms with van der Waals surface area (Å²) in [5, 5.41) is 0. The molecule has 1 aromatic carbocycles. The Balaban J connectivity index is 2.54. The normalized spacial score (nSPS) is 12.2. The second-order valence-corrected chi connectivity index (χ2v) is 6.83. The van der Waals surface area contributed by atoms with Crippen LogP contribution in [0.25, 0.3) is 0 Å². The summed E-state index contributed by atoms with van der Waals surface area (Å²) in [5.74, 6) is 6.93. The van der Waals surface area contributed by atoms with Crippen molar-refractivity contribution in [3.05, 3.63) is 47.5 Å². The third-order valence-corrected chi connectivity index (χ3v) is 4.30. The van der Waals surface area contributed by atoms with Gasteiger partial charge in [-0.05, 0) is 30.8 Å². The molecular weight excluding hydrogens is 320 g/mol. The van der Waals surface area contributed by atoms with Gasteiger partial charge in [0.1, 0.15) is 6.29 Å². The lowest BCUT2D eigenvalue weighted by Crippen LogP contribution is -1.99. The lowest BCUT2D eigenvalue weighted by atomic mass is 9.99. The highest BCUT2D eigenvalue weighted by Crippen LogP contribution is 2.14. The number of Topliss-reactive ketones (excluding diaryl/α,β-unsaturated/α-hetero) is 1. The van der Waals surface area contributed by atoms with Gasteiger partial charge in [-0.15, -0.1) is 0 Å². The summed E-state index contributed by atoms with van der Waals surface area (Å²) in [6.07, 6.45) is 11.5. The van der Waals surface area contributed by atoms with Gasteiger partial charge in [0, 0.05) is 24.8 Å². The van der Waals surface area contributed by atoms with Gasteiger partial charge in [0.05, 0.1) is 0 Å². The van der Waals surface area contributed by atoms with Gasteiger partial charge >= 0.3 is 0 Å². The average molecular weight is 353 g/mol. The van der Waals surface area contributed by atoms with Gasteiger partial charge in [-0.3, -0.25) is 4.79 Å². The summed E-state index contributed by atoms with van der Waals surface area (Å²) in [5.41, 5.74) is 1.84. The zero-order chi connectivity index (χ0) is 19.0. The average Bonchev–Trinajstić information content (AvgIpc) is 2.65. The molecule has 0 aliphatic heterocycles. The van der Waals surface area contributed by atoms with Crippen LogP contribution in [-0.2, 0) is 4.79 Å². The summed E-state index contributed by atoms with van der Waals surface area (Å²) in [6, 6.07) is 9.43. The standard InChI is InChI=1S/C24H32O2/c1-3-4-5-6-7-9-13-22(20-21(2)18-19-25)14-12-17-24(26)23-15-10-8-11-16-23/h8,10-11,15-16,19-21H,3-7,12,14,17-18H2,1-2H3/b22-20-. The van der Waals surface area contributed by atoms with Crippen molar-refractivity contribution in [2.45, 2.75) is 71.6 Å². The number of unbranched alkanes of at least 4 members (excludes halogenated alkanes) is 4. The second-order valence-electron chi connectivity index (χ2n) is 6.83. The highest BCUT2D eigenvalue weighted by molar-refractivity contribution is 5.95. The van der Waals surface area contributed by atoms with E-state index in [1.165, 1.54) is 19.3 Å². The first-order chi connectivity index (χ1) is 12.7. The van der Waals surface area contributed by atoms with E-state index in [9.17, 15) is 9.59 Å². The number of hydrogen-bond acceptors (Lipinski definition) is 2. The van der Waals surface area contributed by atoms with Crippen molar-refractivity contribution in [3.8, 4) is 11.8 Å². The minimum Gasteiger partial charge on any atom is -0.303 e. The van der Waals surface area contributed by atoms with Crippen molar-refractivity contribution in [3.63, 3.8) is 0 Å². The van der Waals surface area contributed by atoms with E-state index in [0.717, 1.165) is 43.1 Å². The molecule has 1 atom stereocenters. The lowest BCUT2D eigenvalue weighted by molar-refractivity contribution is -0.108. The SMILES string of the molecule is CCCCCCC#C/C(=C/C(C)CC=O)CCCC(=O)c1ccccc1. The van der Waals surface area contributed by atoms with Crippen molar-refractivity contribution in [1.82, 2.24) is 0 Å². The fourth-order valence-corrected chi connectivity index (χ4v) is 2.77. The minimum atomic E-state index is 0.179. The third kappa shape index (κ3) is 9.99. The summed E-state index contributed by atoms with van der Waals surface area (Å²) in [7, 11) is 0. The lowest BCUT2D eigenvalue weighted by Gasteiger charge is -2.05. The van der Waals surface area contributed by atoms with Crippen LogP contribution in [0.4, 0.5) is 0 Å². The van der Waals surface area contributed by atoms with Gasteiger partial charge in [0.2, 0.25) is 0 Å². The molecule has 0 radical (unpaired) electrons. The summed E-state index contributed by atoms with van der Waals surface area (Å²) >= 11 is 0. The van der Waals surface area contributed by atoms with E-state index in [1.54, 1.807) is 0 Å². The summed E-state index contributed by atoms with van der Waals surface area (Å²) < 4.78 is 0. The molecule has 0 saturated heterocycles. The van der Waals surface area contributed by atoms with Crippen LogP contribution in [0.1, 0.15) is 82.0 Å². The Morgan fingerprint density at radius 2 is 1.85 bits per heavy atom. The summed E-state index contributed by atoms with van der Waals surface area (Å²) in [6.45, 7) is 4.24. The molecule has 0 aromatic heterocycles. The molecule has 0 aliphatic carbocycles. The van der Waals surface area contributed by atoms with Gasteiger partial charge in [-0.25, -0.2) is 0 Å². The molecule has 26 heavy (non-hydrogen) atoms. The molecule has 0 fully saturated rings. The van der Waals surface area contributed by atoms with E-state index >= 15 is 0 Å². The van der Waals surface area contributed by atoms with E-state index in [-0.39, 0.29) is 11.7 Å². The van der Waals surface area contributed by atoms with Crippen LogP contribution in [0.5, 0.6) is 0 Å². The number of ketones is 1. The molecule has 1 rings (SSSR count). The third-order valence-electron chi connectivity index (χ3n) is 4.30.